The van der Waals surface area contributed by atoms with Crippen LogP contribution in [0.2, 0.25) is 10.0 Å². The Balaban J connectivity index is 1.46. The zero-order valence-corrected chi connectivity index (χ0v) is 20.1. The molecular weight excluding hydrogens is 473 g/mol. The van der Waals surface area contributed by atoms with Gasteiger partial charge in [0, 0.05) is 13.0 Å². The van der Waals surface area contributed by atoms with Crippen molar-refractivity contribution in [1.29, 1.82) is 0 Å². The number of amides is 1. The molecule has 1 atom stereocenters. The Kier molecular flexibility index (Phi) is 6.35. The van der Waals surface area contributed by atoms with Crippen LogP contribution in [0.5, 0.6) is 11.5 Å². The highest BCUT2D eigenvalue weighted by atomic mass is 35.5. The number of benzene rings is 3. The third-order valence-corrected chi connectivity index (χ3v) is 6.64. The van der Waals surface area contributed by atoms with E-state index in [0.717, 1.165) is 22.5 Å². The minimum absolute atomic E-state index is 0.0974. The molecule has 3 aromatic carbocycles. The summed E-state index contributed by atoms with van der Waals surface area (Å²) in [4.78, 5) is 18.2. The first-order valence-electron chi connectivity index (χ1n) is 11.1. The Morgan fingerprint density at radius 2 is 1.79 bits per heavy atom. The van der Waals surface area contributed by atoms with Crippen molar-refractivity contribution >= 4 is 40.1 Å². The van der Waals surface area contributed by atoms with E-state index in [1.807, 2.05) is 60.0 Å². The Morgan fingerprint density at radius 1 is 1.03 bits per heavy atom. The fourth-order valence-corrected chi connectivity index (χ4v) is 4.55. The van der Waals surface area contributed by atoms with Crippen molar-refractivity contribution in [3.8, 4) is 11.5 Å². The zero-order valence-electron chi connectivity index (χ0n) is 18.6. The Hall–Kier alpha value is -3.22. The average Bonchev–Trinajstić information content (AvgIpc) is 3.44. The summed E-state index contributed by atoms with van der Waals surface area (Å²) >= 11 is 12.6. The fraction of sp³-hybridized carbons (Fsp3) is 0.231. The molecular formula is C26H23Cl2N3O3. The molecule has 1 aromatic heterocycles. The molecule has 4 aromatic rings. The average molecular weight is 496 g/mol. The third-order valence-electron chi connectivity index (χ3n) is 5.91. The number of carbonyl (C=O) groups excluding carboxylic acids is 1. The molecule has 1 N–H and O–H groups in total. The van der Waals surface area contributed by atoms with Crippen LogP contribution < -0.4 is 14.8 Å². The molecule has 6 nitrogen and oxygen atoms in total. The lowest BCUT2D eigenvalue weighted by atomic mass is 10.1. The SMILES string of the molecule is CC[C@H](C(=O)NCc1ccc2c(c1)OCO2)n1c(Cc2ccccc2)nc2cc(Cl)c(Cl)cc21. The van der Waals surface area contributed by atoms with Crippen molar-refractivity contribution in [1.82, 2.24) is 14.9 Å². The van der Waals surface area contributed by atoms with Crippen molar-refractivity contribution in [2.45, 2.75) is 32.4 Å². The Morgan fingerprint density at radius 3 is 2.59 bits per heavy atom. The molecule has 0 bridgehead atoms. The number of halogens is 2. The van der Waals surface area contributed by atoms with Gasteiger partial charge in [-0.1, -0.05) is 66.5 Å². The van der Waals surface area contributed by atoms with E-state index in [1.165, 1.54) is 0 Å². The monoisotopic (exact) mass is 495 g/mol. The smallest absolute Gasteiger partial charge is 0.243 e. The van der Waals surface area contributed by atoms with Crippen LogP contribution in [0, 0.1) is 0 Å². The fourth-order valence-electron chi connectivity index (χ4n) is 4.23. The van der Waals surface area contributed by atoms with Gasteiger partial charge in [-0.15, -0.1) is 0 Å². The van der Waals surface area contributed by atoms with Crippen LogP contribution in [0.1, 0.15) is 36.3 Å². The number of carbonyl (C=O) groups is 1. The highest BCUT2D eigenvalue weighted by Crippen LogP contribution is 2.33. The van der Waals surface area contributed by atoms with Gasteiger partial charge in [-0.3, -0.25) is 4.79 Å². The van der Waals surface area contributed by atoms with E-state index < -0.39 is 6.04 Å². The summed E-state index contributed by atoms with van der Waals surface area (Å²) in [5.74, 6) is 2.09. The maximum atomic E-state index is 13.4. The summed E-state index contributed by atoms with van der Waals surface area (Å²) in [5.41, 5.74) is 3.53. The Bertz CT molecular complexity index is 1350. The van der Waals surface area contributed by atoms with Gasteiger partial charge in [-0.2, -0.15) is 0 Å². The van der Waals surface area contributed by atoms with Gasteiger partial charge < -0.3 is 19.4 Å². The third kappa shape index (κ3) is 4.43. The van der Waals surface area contributed by atoms with Crippen LogP contribution in [0.3, 0.4) is 0 Å². The molecule has 0 spiro atoms. The van der Waals surface area contributed by atoms with Gasteiger partial charge in [0.25, 0.3) is 0 Å². The first kappa shape index (κ1) is 22.6. The number of fused-ring (bicyclic) bond motifs is 2. The van der Waals surface area contributed by atoms with E-state index in [4.69, 9.17) is 37.7 Å². The second-order valence-corrected chi connectivity index (χ2v) is 8.96. The van der Waals surface area contributed by atoms with Crippen molar-refractivity contribution in [3.05, 3.63) is 87.7 Å². The van der Waals surface area contributed by atoms with E-state index in [2.05, 4.69) is 5.32 Å². The molecule has 34 heavy (non-hydrogen) atoms. The molecule has 0 radical (unpaired) electrons. The van der Waals surface area contributed by atoms with Gasteiger partial charge in [0.2, 0.25) is 12.7 Å². The maximum Gasteiger partial charge on any atom is 0.243 e. The van der Waals surface area contributed by atoms with Crippen LogP contribution in [-0.4, -0.2) is 22.3 Å². The molecule has 1 aliphatic rings. The number of ether oxygens (including phenoxy) is 2. The molecule has 0 fully saturated rings. The van der Waals surface area contributed by atoms with E-state index in [9.17, 15) is 4.79 Å². The van der Waals surface area contributed by atoms with Crippen molar-refractivity contribution in [2.24, 2.45) is 0 Å². The standard InChI is InChI=1S/C26H23Cl2N3O3/c1-2-21(26(32)29-14-17-8-9-23-24(10-17)34-15-33-23)31-22-13-19(28)18(27)12-20(22)30-25(31)11-16-6-4-3-5-7-16/h3-10,12-13,21H,2,11,14-15H2,1H3,(H,29,32)/t21-/m1/s1. The molecule has 174 valence electrons. The summed E-state index contributed by atoms with van der Waals surface area (Å²) in [6, 6.07) is 18.8. The van der Waals surface area contributed by atoms with Gasteiger partial charge in [-0.05, 0) is 41.8 Å². The van der Waals surface area contributed by atoms with Crippen molar-refractivity contribution < 1.29 is 14.3 Å². The number of nitrogens with zero attached hydrogens (tertiary/aromatic N) is 2. The van der Waals surface area contributed by atoms with Crippen molar-refractivity contribution in [3.63, 3.8) is 0 Å². The molecule has 0 aliphatic carbocycles. The molecule has 0 unspecified atom stereocenters. The summed E-state index contributed by atoms with van der Waals surface area (Å²) < 4.78 is 12.8. The molecule has 8 heteroatoms. The predicted molar refractivity (Wildman–Crippen MR) is 133 cm³/mol. The van der Waals surface area contributed by atoms with Crippen LogP contribution in [0.25, 0.3) is 11.0 Å². The van der Waals surface area contributed by atoms with Crippen LogP contribution >= 0.6 is 23.2 Å². The van der Waals surface area contributed by atoms with E-state index in [1.54, 1.807) is 12.1 Å². The first-order valence-corrected chi connectivity index (χ1v) is 11.8. The van der Waals surface area contributed by atoms with Gasteiger partial charge >= 0.3 is 0 Å². The number of nitrogens with one attached hydrogen (secondary N) is 1. The number of imidazole rings is 1. The predicted octanol–water partition coefficient (Wildman–Crippen LogP) is 5.93. The zero-order chi connectivity index (χ0) is 23.7. The van der Waals surface area contributed by atoms with Gasteiger partial charge in [0.1, 0.15) is 11.9 Å². The summed E-state index contributed by atoms with van der Waals surface area (Å²) in [6.45, 7) is 2.58. The second-order valence-electron chi connectivity index (χ2n) is 8.14. The quantitative estimate of drug-likeness (QED) is 0.345. The summed E-state index contributed by atoms with van der Waals surface area (Å²) in [7, 11) is 0. The minimum Gasteiger partial charge on any atom is -0.454 e. The second kappa shape index (κ2) is 9.57. The van der Waals surface area contributed by atoms with E-state index in [0.29, 0.717) is 46.4 Å². The molecule has 2 heterocycles. The van der Waals surface area contributed by atoms with Gasteiger partial charge in [0.15, 0.2) is 11.5 Å². The highest BCUT2D eigenvalue weighted by Gasteiger charge is 2.25. The Labute approximate surface area is 207 Å². The largest absolute Gasteiger partial charge is 0.454 e. The number of rotatable bonds is 7. The molecule has 0 saturated heterocycles. The van der Waals surface area contributed by atoms with E-state index >= 15 is 0 Å². The number of aromatic nitrogens is 2. The number of hydrogen-bond acceptors (Lipinski definition) is 4. The summed E-state index contributed by atoms with van der Waals surface area (Å²) in [6.07, 6.45) is 1.16. The van der Waals surface area contributed by atoms with Crippen molar-refractivity contribution in [2.75, 3.05) is 6.79 Å². The molecule has 0 saturated carbocycles. The van der Waals surface area contributed by atoms with Gasteiger partial charge in [-0.25, -0.2) is 4.98 Å². The minimum atomic E-state index is -0.463. The molecule has 5 rings (SSSR count). The van der Waals surface area contributed by atoms with Gasteiger partial charge in [0.05, 0.1) is 21.1 Å². The number of hydrogen-bond donors (Lipinski definition) is 1. The molecule has 1 amide bonds. The normalized spacial score (nSPS) is 13.3. The molecule has 1 aliphatic heterocycles. The highest BCUT2D eigenvalue weighted by molar-refractivity contribution is 6.42. The van der Waals surface area contributed by atoms with E-state index in [-0.39, 0.29) is 12.7 Å². The lowest BCUT2D eigenvalue weighted by Gasteiger charge is -2.20. The van der Waals surface area contributed by atoms with Crippen LogP contribution in [-0.2, 0) is 17.8 Å². The summed E-state index contributed by atoms with van der Waals surface area (Å²) in [5, 5.41) is 3.93. The lowest BCUT2D eigenvalue weighted by molar-refractivity contribution is -0.124. The maximum absolute atomic E-state index is 13.4. The van der Waals surface area contributed by atoms with Crippen LogP contribution in [0.15, 0.2) is 60.7 Å². The first-order chi connectivity index (χ1) is 16.5. The lowest BCUT2D eigenvalue weighted by Crippen LogP contribution is -2.32. The topological polar surface area (TPSA) is 65.4 Å². The van der Waals surface area contributed by atoms with Crippen LogP contribution in [0.4, 0.5) is 0 Å².